The molecule has 0 spiro atoms. The highest BCUT2D eigenvalue weighted by atomic mass is 19.4. The third kappa shape index (κ3) is 5.51. The lowest BCUT2D eigenvalue weighted by Crippen LogP contribution is -2.45. The molecule has 3 heterocycles. The van der Waals surface area contributed by atoms with E-state index in [1.807, 2.05) is 0 Å². The van der Waals surface area contributed by atoms with Crippen LogP contribution in [-0.2, 0) is 15.7 Å². The molecule has 0 unspecified atom stereocenters. The van der Waals surface area contributed by atoms with Crippen molar-refractivity contribution in [2.45, 2.75) is 57.7 Å². The maximum atomic E-state index is 13.7. The Morgan fingerprint density at radius 1 is 1.06 bits per heavy atom. The summed E-state index contributed by atoms with van der Waals surface area (Å²) in [5.41, 5.74) is 0.549. The van der Waals surface area contributed by atoms with Gasteiger partial charge in [0.05, 0.1) is 18.7 Å². The summed E-state index contributed by atoms with van der Waals surface area (Å²) in [5, 5.41) is 0. The number of ether oxygens (including phenoxy) is 1. The molecule has 2 amide bonds. The van der Waals surface area contributed by atoms with E-state index in [2.05, 4.69) is 4.99 Å². The first-order chi connectivity index (χ1) is 16.3. The number of likely N-dealkylation sites (tertiary alicyclic amines) is 1. The highest BCUT2D eigenvalue weighted by Crippen LogP contribution is 2.39. The first kappa shape index (κ1) is 25.2. The molecule has 1 aromatic rings. The minimum absolute atomic E-state index is 0.0620. The zero-order valence-corrected chi connectivity index (χ0v) is 20.0. The maximum absolute atomic E-state index is 13.7. The molecule has 10 heteroatoms. The van der Waals surface area contributed by atoms with Crippen molar-refractivity contribution in [2.24, 2.45) is 4.99 Å². The van der Waals surface area contributed by atoms with E-state index in [9.17, 15) is 27.2 Å². The van der Waals surface area contributed by atoms with E-state index in [0.717, 1.165) is 29.3 Å². The van der Waals surface area contributed by atoms with Gasteiger partial charge in [0.15, 0.2) is 0 Å². The van der Waals surface area contributed by atoms with Gasteiger partial charge in [-0.1, -0.05) is 0 Å². The molecule has 1 saturated heterocycles. The number of alkyl halides is 3. The molecule has 0 radical (unpaired) electrons. The molecule has 35 heavy (non-hydrogen) atoms. The summed E-state index contributed by atoms with van der Waals surface area (Å²) in [6.07, 6.45) is -3.82. The molecular formula is C25H29F4N3O3. The minimum Gasteiger partial charge on any atom is -0.444 e. The van der Waals surface area contributed by atoms with Crippen LogP contribution in [0.5, 0.6) is 0 Å². The third-order valence-electron chi connectivity index (χ3n) is 6.57. The van der Waals surface area contributed by atoms with Crippen molar-refractivity contribution in [3.8, 4) is 0 Å². The van der Waals surface area contributed by atoms with Crippen LogP contribution in [0.25, 0.3) is 0 Å². The summed E-state index contributed by atoms with van der Waals surface area (Å²) in [4.78, 5) is 33.4. The van der Waals surface area contributed by atoms with Crippen LogP contribution >= 0.6 is 0 Å². The molecule has 0 saturated carbocycles. The molecule has 0 aromatic heterocycles. The number of aliphatic imine (C=N–C) groups is 1. The van der Waals surface area contributed by atoms with E-state index in [1.165, 1.54) is 0 Å². The first-order valence-electron chi connectivity index (χ1n) is 11.7. The van der Waals surface area contributed by atoms with E-state index >= 15 is 0 Å². The Bertz CT molecular complexity index is 1080. The van der Waals surface area contributed by atoms with E-state index < -0.39 is 35.2 Å². The van der Waals surface area contributed by atoms with Gasteiger partial charge in [-0.15, -0.1) is 0 Å². The van der Waals surface area contributed by atoms with Crippen molar-refractivity contribution in [1.29, 1.82) is 0 Å². The fourth-order valence-corrected chi connectivity index (χ4v) is 4.84. The standard InChI is InChI=1S/C25H29F4N3O3/c1-24(2,3)35-23(34)32-11-8-16-13-30-21(19(16)14-32)22(33)31-9-6-15(7-10-31)18-12-17(26)4-5-20(18)25(27,28)29/h4-5,12,15H,6-11,13-14H2,1-3H3. The highest BCUT2D eigenvalue weighted by molar-refractivity contribution is 6.46. The van der Waals surface area contributed by atoms with Crippen molar-refractivity contribution in [3.05, 3.63) is 46.3 Å². The minimum atomic E-state index is -4.57. The van der Waals surface area contributed by atoms with Gasteiger partial charge in [0.1, 0.15) is 17.1 Å². The molecule has 3 aliphatic rings. The Hall–Kier alpha value is -2.91. The molecule has 0 aliphatic carbocycles. The SMILES string of the molecule is CC(C)(C)OC(=O)N1CCC2=C(C1)C(C(=O)N1CCC(c3cc(F)ccc3C(F)(F)F)CC1)=NC2. The summed E-state index contributed by atoms with van der Waals surface area (Å²) in [6, 6.07) is 2.55. The molecule has 1 fully saturated rings. The number of rotatable bonds is 2. The average Bonchev–Trinajstić information content (AvgIpc) is 3.20. The lowest BCUT2D eigenvalue weighted by molar-refractivity contribution is -0.138. The lowest BCUT2D eigenvalue weighted by Gasteiger charge is -2.34. The van der Waals surface area contributed by atoms with Gasteiger partial charge in [-0.25, -0.2) is 9.18 Å². The van der Waals surface area contributed by atoms with Crippen molar-refractivity contribution < 1.29 is 31.9 Å². The second-order valence-electron chi connectivity index (χ2n) is 10.2. The van der Waals surface area contributed by atoms with Gasteiger partial charge in [-0.05, 0) is 75.3 Å². The molecule has 6 nitrogen and oxygen atoms in total. The monoisotopic (exact) mass is 495 g/mol. The van der Waals surface area contributed by atoms with E-state index in [4.69, 9.17) is 4.74 Å². The van der Waals surface area contributed by atoms with Crippen LogP contribution in [0.2, 0.25) is 0 Å². The van der Waals surface area contributed by atoms with Crippen LogP contribution in [0.4, 0.5) is 22.4 Å². The number of nitrogens with zero attached hydrogens (tertiary/aromatic N) is 3. The fourth-order valence-electron chi connectivity index (χ4n) is 4.84. The summed E-state index contributed by atoms with van der Waals surface area (Å²) >= 11 is 0. The van der Waals surface area contributed by atoms with E-state index in [1.54, 1.807) is 30.6 Å². The third-order valence-corrected chi connectivity index (χ3v) is 6.57. The van der Waals surface area contributed by atoms with Crippen molar-refractivity contribution >= 4 is 17.7 Å². The van der Waals surface area contributed by atoms with Crippen LogP contribution in [0.3, 0.4) is 0 Å². The molecule has 190 valence electrons. The quantitative estimate of drug-likeness (QED) is 0.546. The molecule has 0 bridgehead atoms. The van der Waals surface area contributed by atoms with E-state index in [0.29, 0.717) is 38.1 Å². The molecular weight excluding hydrogens is 466 g/mol. The smallest absolute Gasteiger partial charge is 0.416 e. The Balaban J connectivity index is 1.42. The van der Waals surface area contributed by atoms with E-state index in [-0.39, 0.29) is 31.1 Å². The predicted molar refractivity (Wildman–Crippen MR) is 122 cm³/mol. The first-order valence-corrected chi connectivity index (χ1v) is 11.7. The zero-order valence-electron chi connectivity index (χ0n) is 20.0. The predicted octanol–water partition coefficient (Wildman–Crippen LogP) is 4.94. The van der Waals surface area contributed by atoms with Gasteiger partial charge in [-0.2, -0.15) is 13.2 Å². The Morgan fingerprint density at radius 2 is 1.74 bits per heavy atom. The summed E-state index contributed by atoms with van der Waals surface area (Å²) in [7, 11) is 0. The van der Waals surface area contributed by atoms with Gasteiger partial charge in [0.25, 0.3) is 5.91 Å². The summed E-state index contributed by atoms with van der Waals surface area (Å²) in [6.45, 7) is 7.00. The zero-order chi connectivity index (χ0) is 25.5. The topological polar surface area (TPSA) is 62.2 Å². The average molecular weight is 496 g/mol. The molecule has 4 rings (SSSR count). The number of piperidine rings is 1. The van der Waals surface area contributed by atoms with Gasteiger partial charge in [0.2, 0.25) is 0 Å². The van der Waals surface area contributed by atoms with Crippen LogP contribution in [-0.4, -0.2) is 65.8 Å². The lowest BCUT2D eigenvalue weighted by atomic mass is 9.86. The van der Waals surface area contributed by atoms with Crippen LogP contribution in [0, 0.1) is 5.82 Å². The molecule has 0 atom stereocenters. The molecule has 1 aromatic carbocycles. The number of hydrogen-bond donors (Lipinski definition) is 0. The van der Waals surface area contributed by atoms with Gasteiger partial charge >= 0.3 is 12.3 Å². The van der Waals surface area contributed by atoms with Crippen molar-refractivity contribution in [2.75, 3.05) is 32.7 Å². The Kier molecular flexibility index (Phi) is 6.68. The van der Waals surface area contributed by atoms with Gasteiger partial charge in [-0.3, -0.25) is 9.79 Å². The molecule has 3 aliphatic heterocycles. The largest absolute Gasteiger partial charge is 0.444 e. The second kappa shape index (κ2) is 9.28. The number of amides is 2. The molecule has 0 N–H and O–H groups in total. The number of halogens is 4. The van der Waals surface area contributed by atoms with Crippen molar-refractivity contribution in [3.63, 3.8) is 0 Å². The highest BCUT2D eigenvalue weighted by Gasteiger charge is 2.38. The number of carbonyl (C=O) groups excluding carboxylic acids is 2. The Morgan fingerprint density at radius 3 is 2.37 bits per heavy atom. The summed E-state index contributed by atoms with van der Waals surface area (Å²) < 4.78 is 59.5. The second-order valence-corrected chi connectivity index (χ2v) is 10.2. The van der Waals surface area contributed by atoms with Gasteiger partial charge in [0, 0.05) is 25.2 Å². The fraction of sp³-hybridized carbons (Fsp3) is 0.560. The van der Waals surface area contributed by atoms with Crippen LogP contribution in [0.15, 0.2) is 34.3 Å². The normalized spacial score (nSPS) is 19.6. The van der Waals surface area contributed by atoms with Crippen LogP contribution < -0.4 is 0 Å². The number of benzene rings is 1. The maximum Gasteiger partial charge on any atom is 0.416 e. The Labute approximate surface area is 201 Å². The number of carbonyl (C=O) groups is 2. The van der Waals surface area contributed by atoms with Crippen molar-refractivity contribution in [1.82, 2.24) is 9.80 Å². The number of hydrogen-bond acceptors (Lipinski definition) is 4. The summed E-state index contributed by atoms with van der Waals surface area (Å²) in [5.74, 6) is -1.49. The van der Waals surface area contributed by atoms with Crippen LogP contribution in [0.1, 0.15) is 57.1 Å². The van der Waals surface area contributed by atoms with Gasteiger partial charge < -0.3 is 14.5 Å².